The first-order chi connectivity index (χ1) is 22.2. The standard InChI is InChI=1S/C37H52O9Si/c1-26(38)14-12-19-31(45-35(39)27-15-10-9-11-16-27)34-29(24-37(2,3)46-34)18-13-17-28-22-30(42-5)23-32(44-25-41-4)33(28)36(40)43-20-21-47(6,7)8/h9-13,15-17,19,22-23,26,29,31,34,38H,14,18,20-21,24-25H2,1-8H3/b17-13+,19-12-/t26-,29-,31?,34+/m1/s1. The minimum absolute atomic E-state index is 0.0204. The van der Waals surface area contributed by atoms with Gasteiger partial charge in [-0.1, -0.05) is 56.1 Å². The fourth-order valence-corrected chi connectivity index (χ4v) is 6.13. The quantitative estimate of drug-likeness (QED) is 0.0803. The number of carbonyl (C=O) groups excluding carboxylic acids is 2. The van der Waals surface area contributed by atoms with Gasteiger partial charge >= 0.3 is 11.9 Å². The zero-order valence-electron chi connectivity index (χ0n) is 29.1. The zero-order chi connectivity index (χ0) is 34.6. The van der Waals surface area contributed by atoms with Crippen LogP contribution in [0.5, 0.6) is 11.5 Å². The smallest absolute Gasteiger partial charge is 0.342 e. The molecule has 4 atom stereocenters. The van der Waals surface area contributed by atoms with Gasteiger partial charge in [-0.05, 0) is 81.8 Å². The second-order valence-corrected chi connectivity index (χ2v) is 19.4. The highest BCUT2D eigenvalue weighted by Gasteiger charge is 2.44. The average Bonchev–Trinajstić information content (AvgIpc) is 3.32. The van der Waals surface area contributed by atoms with E-state index in [4.69, 9.17) is 28.4 Å². The minimum Gasteiger partial charge on any atom is -0.497 e. The fraction of sp³-hybridized carbons (Fsp3) is 0.514. The van der Waals surface area contributed by atoms with Crippen LogP contribution >= 0.6 is 0 Å². The Balaban J connectivity index is 1.92. The normalized spacial score (nSPS) is 19.1. The number of ether oxygens (including phenoxy) is 6. The van der Waals surface area contributed by atoms with E-state index in [0.29, 0.717) is 47.6 Å². The van der Waals surface area contributed by atoms with Crippen molar-refractivity contribution in [3.63, 3.8) is 0 Å². The van der Waals surface area contributed by atoms with Crippen LogP contribution < -0.4 is 9.47 Å². The monoisotopic (exact) mass is 668 g/mol. The summed E-state index contributed by atoms with van der Waals surface area (Å²) < 4.78 is 34.7. The molecule has 1 unspecified atom stereocenters. The van der Waals surface area contributed by atoms with Crippen molar-refractivity contribution in [3.8, 4) is 11.5 Å². The molecule has 1 fully saturated rings. The van der Waals surface area contributed by atoms with Crippen LogP contribution in [0, 0.1) is 5.92 Å². The number of carbonyl (C=O) groups is 2. The molecule has 1 aliphatic heterocycles. The molecule has 10 heteroatoms. The third-order valence-electron chi connectivity index (χ3n) is 7.75. The Labute approximate surface area is 280 Å². The summed E-state index contributed by atoms with van der Waals surface area (Å²) in [6.45, 7) is 12.7. The highest BCUT2D eigenvalue weighted by molar-refractivity contribution is 6.76. The van der Waals surface area contributed by atoms with E-state index in [0.717, 1.165) is 12.5 Å². The van der Waals surface area contributed by atoms with Gasteiger partial charge in [-0.3, -0.25) is 0 Å². The predicted octanol–water partition coefficient (Wildman–Crippen LogP) is 7.31. The van der Waals surface area contributed by atoms with Gasteiger partial charge in [0.2, 0.25) is 0 Å². The van der Waals surface area contributed by atoms with Crippen LogP contribution in [0.3, 0.4) is 0 Å². The number of aliphatic hydroxyl groups is 1. The largest absolute Gasteiger partial charge is 0.497 e. The number of hydrogen-bond acceptors (Lipinski definition) is 9. The van der Waals surface area contributed by atoms with E-state index in [9.17, 15) is 14.7 Å². The van der Waals surface area contributed by atoms with Gasteiger partial charge in [-0.2, -0.15) is 0 Å². The molecule has 9 nitrogen and oxygen atoms in total. The summed E-state index contributed by atoms with van der Waals surface area (Å²) >= 11 is 0. The van der Waals surface area contributed by atoms with E-state index < -0.39 is 43.9 Å². The molecular weight excluding hydrogens is 616 g/mol. The SMILES string of the molecule is COCOc1cc(OC)cc(/C=C/C[C@@H]2CC(C)(C)O[C@@H]2C(/C=C\C[C@@H](C)O)OC(=O)c2ccccc2)c1C(=O)OCC[Si](C)(C)C. The highest BCUT2D eigenvalue weighted by Crippen LogP contribution is 2.40. The molecule has 1 aliphatic rings. The molecule has 1 N–H and O–H groups in total. The molecule has 0 spiro atoms. The molecule has 0 saturated carbocycles. The third kappa shape index (κ3) is 12.3. The second-order valence-electron chi connectivity index (χ2n) is 13.8. The first-order valence-corrected chi connectivity index (χ1v) is 19.9. The van der Waals surface area contributed by atoms with Crippen LogP contribution in [0.25, 0.3) is 6.08 Å². The molecule has 0 amide bonds. The average molecular weight is 669 g/mol. The molecule has 2 aromatic rings. The fourth-order valence-electron chi connectivity index (χ4n) is 5.41. The summed E-state index contributed by atoms with van der Waals surface area (Å²) in [7, 11) is 1.65. The number of esters is 2. The molecule has 0 bridgehead atoms. The van der Waals surface area contributed by atoms with Gasteiger partial charge in [-0.25, -0.2) is 9.59 Å². The number of aliphatic hydroxyl groups excluding tert-OH is 1. The second kappa shape index (κ2) is 17.6. The molecule has 2 aromatic carbocycles. The van der Waals surface area contributed by atoms with E-state index in [1.165, 1.54) is 7.11 Å². The van der Waals surface area contributed by atoms with Gasteiger partial charge < -0.3 is 33.5 Å². The number of benzene rings is 2. The Morgan fingerprint density at radius 2 is 1.81 bits per heavy atom. The summed E-state index contributed by atoms with van der Waals surface area (Å²) in [6, 6.07) is 13.1. The number of hydrogen-bond donors (Lipinski definition) is 1. The van der Waals surface area contributed by atoms with Gasteiger partial charge in [0.25, 0.3) is 0 Å². The van der Waals surface area contributed by atoms with E-state index in [2.05, 4.69) is 19.6 Å². The Bertz CT molecular complexity index is 1360. The topological polar surface area (TPSA) is 110 Å². The van der Waals surface area contributed by atoms with Gasteiger partial charge in [0.1, 0.15) is 29.3 Å². The van der Waals surface area contributed by atoms with E-state index >= 15 is 0 Å². The minimum atomic E-state index is -1.42. The highest BCUT2D eigenvalue weighted by atomic mass is 28.3. The first-order valence-electron chi connectivity index (χ1n) is 16.2. The number of rotatable bonds is 17. The van der Waals surface area contributed by atoms with Crippen LogP contribution in [-0.4, -0.2) is 76.7 Å². The molecular formula is C37H52O9Si. The van der Waals surface area contributed by atoms with E-state index in [-0.39, 0.29) is 12.7 Å². The lowest BCUT2D eigenvalue weighted by Crippen LogP contribution is -2.35. The van der Waals surface area contributed by atoms with Crippen molar-refractivity contribution in [3.05, 3.63) is 77.4 Å². The van der Waals surface area contributed by atoms with Crippen molar-refractivity contribution in [1.82, 2.24) is 0 Å². The molecule has 0 aliphatic carbocycles. The summed E-state index contributed by atoms with van der Waals surface area (Å²) in [6.07, 6.45) is 7.56. The molecule has 0 aromatic heterocycles. The van der Waals surface area contributed by atoms with Crippen molar-refractivity contribution >= 4 is 26.1 Å². The maximum absolute atomic E-state index is 13.5. The van der Waals surface area contributed by atoms with Crippen LogP contribution in [0.15, 0.2) is 60.7 Å². The summed E-state index contributed by atoms with van der Waals surface area (Å²) in [5, 5.41) is 9.84. The zero-order valence-corrected chi connectivity index (χ0v) is 30.1. The summed E-state index contributed by atoms with van der Waals surface area (Å²) in [4.78, 5) is 26.6. The Morgan fingerprint density at radius 1 is 1.09 bits per heavy atom. The molecule has 258 valence electrons. The van der Waals surface area contributed by atoms with Crippen LogP contribution in [0.4, 0.5) is 0 Å². The van der Waals surface area contributed by atoms with Gasteiger partial charge in [0, 0.05) is 21.3 Å². The lowest BCUT2D eigenvalue weighted by Gasteiger charge is -2.26. The summed E-state index contributed by atoms with van der Waals surface area (Å²) in [5.41, 5.74) is 0.877. The van der Waals surface area contributed by atoms with E-state index in [1.54, 1.807) is 50.4 Å². The molecule has 1 heterocycles. The molecule has 47 heavy (non-hydrogen) atoms. The van der Waals surface area contributed by atoms with Crippen molar-refractivity contribution in [1.29, 1.82) is 0 Å². The van der Waals surface area contributed by atoms with Crippen molar-refractivity contribution in [2.24, 2.45) is 5.92 Å². The maximum atomic E-state index is 13.5. The Kier molecular flexibility index (Phi) is 14.3. The van der Waals surface area contributed by atoms with Gasteiger partial charge in [0.05, 0.1) is 31.0 Å². The van der Waals surface area contributed by atoms with Crippen molar-refractivity contribution in [2.75, 3.05) is 27.6 Å². The van der Waals surface area contributed by atoms with Crippen molar-refractivity contribution < 1.29 is 43.1 Å². The number of methoxy groups -OCH3 is 2. The third-order valence-corrected chi connectivity index (χ3v) is 9.46. The number of allylic oxidation sites excluding steroid dienone is 1. The lowest BCUT2D eigenvalue weighted by molar-refractivity contribution is -0.0723. The molecule has 3 rings (SSSR count). The predicted molar refractivity (Wildman–Crippen MR) is 186 cm³/mol. The van der Waals surface area contributed by atoms with Crippen LogP contribution in [0.2, 0.25) is 25.7 Å². The van der Waals surface area contributed by atoms with Crippen LogP contribution in [0.1, 0.15) is 66.3 Å². The van der Waals surface area contributed by atoms with E-state index in [1.807, 2.05) is 44.2 Å². The molecule has 0 radical (unpaired) electrons. The Hall–Kier alpha value is -3.44. The molecule has 1 saturated heterocycles. The lowest BCUT2D eigenvalue weighted by atomic mass is 9.88. The maximum Gasteiger partial charge on any atom is 0.342 e. The first kappa shape index (κ1) is 38.0. The summed E-state index contributed by atoms with van der Waals surface area (Å²) in [5.74, 6) is -0.113. The van der Waals surface area contributed by atoms with Crippen molar-refractivity contribution in [2.45, 2.75) is 89.6 Å². The Morgan fingerprint density at radius 3 is 2.45 bits per heavy atom. The van der Waals surface area contributed by atoms with Gasteiger partial charge in [0.15, 0.2) is 6.79 Å². The van der Waals surface area contributed by atoms with Gasteiger partial charge in [-0.15, -0.1) is 0 Å². The van der Waals surface area contributed by atoms with Crippen LogP contribution in [-0.2, 0) is 18.9 Å².